The SMILES string of the molecule is Cn1nc(-c2ccccc2)c2c1NC(=O)CC2c1ccncc1. The zero-order valence-corrected chi connectivity index (χ0v) is 12.7. The van der Waals surface area contributed by atoms with Crippen molar-refractivity contribution in [1.82, 2.24) is 14.8 Å². The number of carbonyl (C=O) groups excluding carboxylic acids is 1. The van der Waals surface area contributed by atoms with Crippen molar-refractivity contribution in [1.29, 1.82) is 0 Å². The summed E-state index contributed by atoms with van der Waals surface area (Å²) in [6.07, 6.45) is 3.95. The minimum absolute atomic E-state index is 0.00865. The number of rotatable bonds is 2. The topological polar surface area (TPSA) is 59.8 Å². The van der Waals surface area contributed by atoms with E-state index in [2.05, 4.69) is 15.4 Å². The fraction of sp³-hybridized carbons (Fsp3) is 0.167. The second-order valence-corrected chi connectivity index (χ2v) is 5.69. The molecule has 0 fully saturated rings. The predicted molar refractivity (Wildman–Crippen MR) is 88.0 cm³/mol. The number of amides is 1. The number of benzene rings is 1. The van der Waals surface area contributed by atoms with Crippen LogP contribution in [0, 0.1) is 0 Å². The molecule has 1 amide bonds. The Hall–Kier alpha value is -2.95. The highest BCUT2D eigenvalue weighted by molar-refractivity contribution is 5.96. The second-order valence-electron chi connectivity index (χ2n) is 5.69. The molecule has 0 saturated carbocycles. The summed E-state index contributed by atoms with van der Waals surface area (Å²) < 4.78 is 1.75. The van der Waals surface area contributed by atoms with E-state index in [1.807, 2.05) is 49.5 Å². The highest BCUT2D eigenvalue weighted by Crippen LogP contribution is 2.42. The molecule has 1 aliphatic rings. The smallest absolute Gasteiger partial charge is 0.226 e. The lowest BCUT2D eigenvalue weighted by Crippen LogP contribution is -2.24. The van der Waals surface area contributed by atoms with Gasteiger partial charge in [0.25, 0.3) is 0 Å². The van der Waals surface area contributed by atoms with Crippen LogP contribution in [0.5, 0.6) is 0 Å². The standard InChI is InChI=1S/C18H16N4O/c1-22-18-16(17(21-22)13-5-3-2-4-6-13)14(11-15(23)20-18)12-7-9-19-10-8-12/h2-10,14H,11H2,1H3,(H,20,23). The van der Waals surface area contributed by atoms with Gasteiger partial charge < -0.3 is 5.32 Å². The van der Waals surface area contributed by atoms with E-state index in [-0.39, 0.29) is 11.8 Å². The largest absolute Gasteiger partial charge is 0.311 e. The van der Waals surface area contributed by atoms with Gasteiger partial charge in [-0.2, -0.15) is 5.10 Å². The second kappa shape index (κ2) is 5.35. The lowest BCUT2D eigenvalue weighted by Gasteiger charge is -2.24. The fourth-order valence-electron chi connectivity index (χ4n) is 3.18. The number of fused-ring (bicyclic) bond motifs is 1. The van der Waals surface area contributed by atoms with Gasteiger partial charge in [0.1, 0.15) is 5.82 Å². The summed E-state index contributed by atoms with van der Waals surface area (Å²) in [4.78, 5) is 16.2. The summed E-state index contributed by atoms with van der Waals surface area (Å²) in [5.74, 6) is 0.787. The number of pyridine rings is 1. The third kappa shape index (κ3) is 2.30. The van der Waals surface area contributed by atoms with Gasteiger partial charge in [-0.3, -0.25) is 14.5 Å². The Morgan fingerprint density at radius 3 is 2.61 bits per heavy atom. The molecule has 1 unspecified atom stereocenters. The molecular formula is C18H16N4O. The van der Waals surface area contributed by atoms with Crippen LogP contribution in [0.2, 0.25) is 0 Å². The summed E-state index contributed by atoms with van der Waals surface area (Å²) in [6, 6.07) is 14.0. The molecule has 1 N–H and O–H groups in total. The highest BCUT2D eigenvalue weighted by atomic mass is 16.1. The zero-order valence-electron chi connectivity index (χ0n) is 12.7. The number of anilines is 1. The van der Waals surface area contributed by atoms with Gasteiger partial charge in [0.15, 0.2) is 0 Å². The fourth-order valence-corrected chi connectivity index (χ4v) is 3.18. The number of carbonyl (C=O) groups is 1. The van der Waals surface area contributed by atoms with E-state index in [0.29, 0.717) is 6.42 Å². The van der Waals surface area contributed by atoms with E-state index >= 15 is 0 Å². The lowest BCUT2D eigenvalue weighted by molar-refractivity contribution is -0.116. The van der Waals surface area contributed by atoms with Crippen LogP contribution < -0.4 is 5.32 Å². The molecule has 3 aromatic rings. The van der Waals surface area contributed by atoms with E-state index in [1.54, 1.807) is 17.1 Å². The molecule has 2 aromatic heterocycles. The van der Waals surface area contributed by atoms with Crippen molar-refractivity contribution in [3.8, 4) is 11.3 Å². The van der Waals surface area contributed by atoms with Crippen molar-refractivity contribution in [3.05, 3.63) is 66.0 Å². The van der Waals surface area contributed by atoms with Gasteiger partial charge in [-0.05, 0) is 17.7 Å². The molecule has 1 aliphatic heterocycles. The van der Waals surface area contributed by atoms with Gasteiger partial charge in [0, 0.05) is 42.9 Å². The van der Waals surface area contributed by atoms with E-state index in [1.165, 1.54) is 0 Å². The molecule has 114 valence electrons. The zero-order chi connectivity index (χ0) is 15.8. The number of aromatic nitrogens is 3. The van der Waals surface area contributed by atoms with Crippen LogP contribution in [-0.2, 0) is 11.8 Å². The van der Waals surface area contributed by atoms with Gasteiger partial charge in [-0.25, -0.2) is 0 Å². The van der Waals surface area contributed by atoms with Gasteiger partial charge in [-0.15, -0.1) is 0 Å². The first kappa shape index (κ1) is 13.7. The van der Waals surface area contributed by atoms with Crippen LogP contribution in [0.3, 0.4) is 0 Å². The van der Waals surface area contributed by atoms with Crippen LogP contribution in [0.4, 0.5) is 5.82 Å². The first-order valence-corrected chi connectivity index (χ1v) is 7.56. The molecule has 4 rings (SSSR count). The summed E-state index contributed by atoms with van der Waals surface area (Å²) in [7, 11) is 1.86. The van der Waals surface area contributed by atoms with Gasteiger partial charge in [0.2, 0.25) is 5.91 Å². The van der Waals surface area contributed by atoms with Crippen LogP contribution >= 0.6 is 0 Å². The molecule has 0 aliphatic carbocycles. The van der Waals surface area contributed by atoms with E-state index in [4.69, 9.17) is 0 Å². The summed E-state index contributed by atoms with van der Waals surface area (Å²) in [5.41, 5.74) is 4.13. The van der Waals surface area contributed by atoms with E-state index < -0.39 is 0 Å². The quantitative estimate of drug-likeness (QED) is 0.792. The number of hydrogen-bond donors (Lipinski definition) is 1. The van der Waals surface area contributed by atoms with Crippen molar-refractivity contribution in [2.45, 2.75) is 12.3 Å². The highest BCUT2D eigenvalue weighted by Gasteiger charge is 2.33. The van der Waals surface area contributed by atoms with E-state index in [0.717, 1.165) is 28.2 Å². The maximum absolute atomic E-state index is 12.1. The molecule has 5 nitrogen and oxygen atoms in total. The van der Waals surface area contributed by atoms with Gasteiger partial charge in [-0.1, -0.05) is 30.3 Å². The maximum Gasteiger partial charge on any atom is 0.226 e. The van der Waals surface area contributed by atoms with Crippen molar-refractivity contribution < 1.29 is 4.79 Å². The number of nitrogens with zero attached hydrogens (tertiary/aromatic N) is 3. The molecule has 1 atom stereocenters. The third-order valence-electron chi connectivity index (χ3n) is 4.24. The molecule has 0 spiro atoms. The Kier molecular flexibility index (Phi) is 3.19. The van der Waals surface area contributed by atoms with Crippen molar-refractivity contribution in [3.63, 3.8) is 0 Å². The first-order chi connectivity index (χ1) is 11.2. The minimum Gasteiger partial charge on any atom is -0.311 e. The van der Waals surface area contributed by atoms with Gasteiger partial charge >= 0.3 is 0 Å². The number of hydrogen-bond acceptors (Lipinski definition) is 3. The molecule has 3 heterocycles. The van der Waals surface area contributed by atoms with Crippen LogP contribution in [0.25, 0.3) is 11.3 Å². The molecular weight excluding hydrogens is 288 g/mol. The van der Waals surface area contributed by atoms with Crippen LogP contribution in [-0.4, -0.2) is 20.7 Å². The summed E-state index contributed by atoms with van der Waals surface area (Å²) in [6.45, 7) is 0. The van der Waals surface area contributed by atoms with E-state index in [9.17, 15) is 4.79 Å². The lowest BCUT2D eigenvalue weighted by atomic mass is 9.85. The maximum atomic E-state index is 12.1. The Morgan fingerprint density at radius 2 is 1.87 bits per heavy atom. The molecule has 23 heavy (non-hydrogen) atoms. The Bertz CT molecular complexity index is 855. The molecule has 5 heteroatoms. The molecule has 0 bridgehead atoms. The molecule has 1 aromatic carbocycles. The van der Waals surface area contributed by atoms with Crippen LogP contribution in [0.1, 0.15) is 23.5 Å². The number of nitrogens with one attached hydrogen (secondary N) is 1. The van der Waals surface area contributed by atoms with Gasteiger partial charge in [0.05, 0.1) is 5.69 Å². The summed E-state index contributed by atoms with van der Waals surface area (Å²) >= 11 is 0. The predicted octanol–water partition coefficient (Wildman–Crippen LogP) is 2.96. The Labute approximate surface area is 134 Å². The molecule has 0 radical (unpaired) electrons. The summed E-state index contributed by atoms with van der Waals surface area (Å²) in [5, 5.41) is 7.62. The third-order valence-corrected chi connectivity index (χ3v) is 4.24. The first-order valence-electron chi connectivity index (χ1n) is 7.56. The van der Waals surface area contributed by atoms with Crippen molar-refractivity contribution >= 4 is 11.7 Å². The average molecular weight is 304 g/mol. The minimum atomic E-state index is -0.00865. The molecule has 0 saturated heterocycles. The van der Waals surface area contributed by atoms with Crippen molar-refractivity contribution in [2.24, 2.45) is 7.05 Å². The Morgan fingerprint density at radius 1 is 1.13 bits per heavy atom. The Balaban J connectivity index is 1.93. The normalized spacial score (nSPS) is 16.7. The monoisotopic (exact) mass is 304 g/mol. The number of aryl methyl sites for hydroxylation is 1. The average Bonchev–Trinajstić information content (AvgIpc) is 2.93. The van der Waals surface area contributed by atoms with Crippen LogP contribution in [0.15, 0.2) is 54.9 Å². The van der Waals surface area contributed by atoms with Crippen molar-refractivity contribution in [2.75, 3.05) is 5.32 Å².